The normalized spacial score (nSPS) is 14.3. The summed E-state index contributed by atoms with van der Waals surface area (Å²) in [6, 6.07) is 7.78. The zero-order valence-corrected chi connectivity index (χ0v) is 11.8. The van der Waals surface area contributed by atoms with Gasteiger partial charge in [-0.15, -0.1) is 0 Å². The molecule has 1 aromatic carbocycles. The van der Waals surface area contributed by atoms with Crippen molar-refractivity contribution in [2.75, 3.05) is 26.9 Å². The van der Waals surface area contributed by atoms with Gasteiger partial charge in [0.2, 0.25) is 5.91 Å². The SMILES string of the molecule is CC(C(=O)N(C)C)N(C)C(C)c1cccc(N)c1. The summed E-state index contributed by atoms with van der Waals surface area (Å²) >= 11 is 0. The lowest BCUT2D eigenvalue weighted by molar-refractivity contribution is -0.134. The van der Waals surface area contributed by atoms with E-state index in [2.05, 4.69) is 11.8 Å². The zero-order valence-electron chi connectivity index (χ0n) is 11.8. The average Bonchev–Trinajstić information content (AvgIpc) is 2.35. The number of nitrogens with zero attached hydrogens (tertiary/aromatic N) is 2. The van der Waals surface area contributed by atoms with Crippen molar-refractivity contribution >= 4 is 11.6 Å². The van der Waals surface area contributed by atoms with Crippen molar-refractivity contribution in [3.63, 3.8) is 0 Å². The number of nitrogen functional groups attached to an aromatic ring is 1. The fourth-order valence-electron chi connectivity index (χ4n) is 1.94. The van der Waals surface area contributed by atoms with Gasteiger partial charge < -0.3 is 10.6 Å². The summed E-state index contributed by atoms with van der Waals surface area (Å²) in [6.07, 6.45) is 0. The lowest BCUT2D eigenvalue weighted by atomic mass is 10.0. The van der Waals surface area contributed by atoms with Crippen molar-refractivity contribution in [1.82, 2.24) is 9.80 Å². The molecule has 2 atom stereocenters. The summed E-state index contributed by atoms with van der Waals surface area (Å²) in [5.74, 6) is 0.105. The Labute approximate surface area is 109 Å². The van der Waals surface area contributed by atoms with Gasteiger partial charge in [0.15, 0.2) is 0 Å². The molecule has 0 heterocycles. The summed E-state index contributed by atoms with van der Waals surface area (Å²) in [7, 11) is 5.51. The second kappa shape index (κ2) is 5.87. The molecule has 0 fully saturated rings. The molecule has 2 N–H and O–H groups in total. The summed E-state index contributed by atoms with van der Waals surface area (Å²) in [5.41, 5.74) is 7.66. The van der Waals surface area contributed by atoms with Crippen molar-refractivity contribution in [2.24, 2.45) is 0 Å². The highest BCUT2D eigenvalue weighted by molar-refractivity contribution is 5.80. The van der Waals surface area contributed by atoms with Crippen LogP contribution in [-0.4, -0.2) is 42.9 Å². The zero-order chi connectivity index (χ0) is 13.9. The van der Waals surface area contributed by atoms with Crippen molar-refractivity contribution in [3.05, 3.63) is 29.8 Å². The van der Waals surface area contributed by atoms with E-state index < -0.39 is 0 Å². The second-order valence-corrected chi connectivity index (χ2v) is 4.92. The van der Waals surface area contributed by atoms with Crippen LogP contribution in [0.5, 0.6) is 0 Å². The Hall–Kier alpha value is -1.55. The van der Waals surface area contributed by atoms with Crippen LogP contribution in [0.15, 0.2) is 24.3 Å². The molecule has 0 aliphatic heterocycles. The fourth-order valence-corrected chi connectivity index (χ4v) is 1.94. The third-order valence-electron chi connectivity index (χ3n) is 3.41. The first-order valence-corrected chi connectivity index (χ1v) is 6.13. The standard InChI is InChI=1S/C14H23N3O/c1-10(12-7-6-8-13(15)9-12)17(5)11(2)14(18)16(3)4/h6-11H,15H2,1-5H3. The highest BCUT2D eigenvalue weighted by Gasteiger charge is 2.24. The molecule has 1 aromatic rings. The minimum Gasteiger partial charge on any atom is -0.399 e. The first-order chi connectivity index (χ1) is 8.34. The van der Waals surface area contributed by atoms with Gasteiger partial charge >= 0.3 is 0 Å². The van der Waals surface area contributed by atoms with Gasteiger partial charge in [0, 0.05) is 25.8 Å². The molecule has 100 valence electrons. The number of hydrogen-bond acceptors (Lipinski definition) is 3. The van der Waals surface area contributed by atoms with E-state index in [0.29, 0.717) is 0 Å². The van der Waals surface area contributed by atoms with E-state index in [9.17, 15) is 4.79 Å². The van der Waals surface area contributed by atoms with Crippen LogP contribution in [0.3, 0.4) is 0 Å². The largest absolute Gasteiger partial charge is 0.399 e. The van der Waals surface area contributed by atoms with Crippen LogP contribution < -0.4 is 5.73 Å². The Morgan fingerprint density at radius 3 is 2.33 bits per heavy atom. The number of carbonyl (C=O) groups excluding carboxylic acids is 1. The monoisotopic (exact) mass is 249 g/mol. The lowest BCUT2D eigenvalue weighted by Gasteiger charge is -2.31. The Kier molecular flexibility index (Phi) is 4.73. The van der Waals surface area contributed by atoms with E-state index in [1.165, 1.54) is 0 Å². The molecule has 0 aliphatic carbocycles. The van der Waals surface area contributed by atoms with Crippen LogP contribution in [0.1, 0.15) is 25.5 Å². The van der Waals surface area contributed by atoms with E-state index >= 15 is 0 Å². The third kappa shape index (κ3) is 3.23. The summed E-state index contributed by atoms with van der Waals surface area (Å²) in [4.78, 5) is 15.6. The number of rotatable bonds is 4. The van der Waals surface area contributed by atoms with Crippen molar-refractivity contribution in [2.45, 2.75) is 25.9 Å². The Balaban J connectivity index is 2.84. The molecule has 1 rings (SSSR count). The number of nitrogens with two attached hydrogens (primary N) is 1. The minimum atomic E-state index is -0.156. The first kappa shape index (κ1) is 14.5. The average molecular weight is 249 g/mol. The second-order valence-electron chi connectivity index (χ2n) is 4.92. The predicted octanol–water partition coefficient (Wildman–Crippen LogP) is 1.74. The van der Waals surface area contributed by atoms with Gasteiger partial charge in [-0.2, -0.15) is 0 Å². The number of benzene rings is 1. The summed E-state index contributed by atoms with van der Waals surface area (Å²) < 4.78 is 0. The van der Waals surface area contributed by atoms with E-state index in [4.69, 9.17) is 5.73 Å². The quantitative estimate of drug-likeness (QED) is 0.827. The first-order valence-electron chi connectivity index (χ1n) is 6.13. The summed E-state index contributed by atoms with van der Waals surface area (Å²) in [6.45, 7) is 4.00. The molecule has 0 aromatic heterocycles. The predicted molar refractivity (Wildman–Crippen MR) is 75.2 cm³/mol. The molecule has 2 unspecified atom stereocenters. The number of carbonyl (C=O) groups is 1. The van der Waals surface area contributed by atoms with Crippen molar-refractivity contribution < 1.29 is 4.79 Å². The van der Waals surface area contributed by atoms with Gasteiger partial charge in [0.1, 0.15) is 0 Å². The molecule has 4 heteroatoms. The number of likely N-dealkylation sites (N-methyl/N-ethyl adjacent to an activating group) is 2. The van der Waals surface area contributed by atoms with Crippen molar-refractivity contribution in [1.29, 1.82) is 0 Å². The van der Waals surface area contributed by atoms with E-state index in [0.717, 1.165) is 11.3 Å². The van der Waals surface area contributed by atoms with Gasteiger partial charge in [-0.05, 0) is 38.6 Å². The molecular formula is C14H23N3O. The van der Waals surface area contributed by atoms with Crippen LogP contribution in [-0.2, 0) is 4.79 Å². The van der Waals surface area contributed by atoms with Crippen molar-refractivity contribution in [3.8, 4) is 0 Å². The molecule has 18 heavy (non-hydrogen) atoms. The highest BCUT2D eigenvalue weighted by Crippen LogP contribution is 2.22. The Bertz CT molecular complexity index is 417. The van der Waals surface area contributed by atoms with Crippen LogP contribution in [0.2, 0.25) is 0 Å². The molecular weight excluding hydrogens is 226 g/mol. The summed E-state index contributed by atoms with van der Waals surface area (Å²) in [5, 5.41) is 0. The van der Waals surface area contributed by atoms with Gasteiger partial charge in [0.25, 0.3) is 0 Å². The minimum absolute atomic E-state index is 0.105. The van der Waals surface area contributed by atoms with E-state index in [1.54, 1.807) is 19.0 Å². The van der Waals surface area contributed by atoms with Crippen LogP contribution >= 0.6 is 0 Å². The smallest absolute Gasteiger partial charge is 0.239 e. The molecule has 0 saturated heterocycles. The third-order valence-corrected chi connectivity index (χ3v) is 3.41. The number of amides is 1. The maximum atomic E-state index is 11.9. The van der Waals surface area contributed by atoms with Gasteiger partial charge in [-0.1, -0.05) is 12.1 Å². The number of hydrogen-bond donors (Lipinski definition) is 1. The van der Waals surface area contributed by atoms with Crippen LogP contribution in [0.25, 0.3) is 0 Å². The molecule has 0 aliphatic rings. The maximum Gasteiger partial charge on any atom is 0.239 e. The molecule has 0 spiro atoms. The topological polar surface area (TPSA) is 49.6 Å². The molecule has 0 saturated carbocycles. The van der Waals surface area contributed by atoms with E-state index in [1.807, 2.05) is 38.2 Å². The lowest BCUT2D eigenvalue weighted by Crippen LogP contribution is -2.43. The van der Waals surface area contributed by atoms with Gasteiger partial charge in [0.05, 0.1) is 6.04 Å². The van der Waals surface area contributed by atoms with Gasteiger partial charge in [-0.3, -0.25) is 9.69 Å². The van der Waals surface area contributed by atoms with Gasteiger partial charge in [-0.25, -0.2) is 0 Å². The molecule has 0 bridgehead atoms. The van der Waals surface area contributed by atoms with E-state index in [-0.39, 0.29) is 18.0 Å². The van der Waals surface area contributed by atoms with Crippen LogP contribution in [0, 0.1) is 0 Å². The highest BCUT2D eigenvalue weighted by atomic mass is 16.2. The molecule has 1 amide bonds. The molecule has 4 nitrogen and oxygen atoms in total. The Morgan fingerprint density at radius 2 is 1.83 bits per heavy atom. The Morgan fingerprint density at radius 1 is 1.22 bits per heavy atom. The fraction of sp³-hybridized carbons (Fsp3) is 0.500. The van der Waals surface area contributed by atoms with Crippen LogP contribution in [0.4, 0.5) is 5.69 Å². The molecule has 0 radical (unpaired) electrons. The maximum absolute atomic E-state index is 11.9. The number of anilines is 1.